The van der Waals surface area contributed by atoms with Gasteiger partial charge >= 0.3 is 0 Å². The molecule has 0 radical (unpaired) electrons. The van der Waals surface area contributed by atoms with Crippen LogP contribution < -0.4 is 15.4 Å². The molecule has 2 atom stereocenters. The molecule has 0 saturated heterocycles. The number of hydrogen-bond donors (Lipinski definition) is 2. The van der Waals surface area contributed by atoms with Crippen molar-refractivity contribution in [2.75, 3.05) is 13.6 Å². The highest BCUT2D eigenvalue weighted by Gasteiger charge is 2.21. The van der Waals surface area contributed by atoms with Crippen LogP contribution in [-0.2, 0) is 13.0 Å². The zero-order valence-electron chi connectivity index (χ0n) is 16.0. The molecule has 0 bridgehead atoms. The van der Waals surface area contributed by atoms with E-state index in [1.165, 1.54) is 5.56 Å². The van der Waals surface area contributed by atoms with Gasteiger partial charge in [0.05, 0.1) is 13.1 Å². The largest absolute Gasteiger partial charge is 0.489 e. The number of rotatable bonds is 5. The number of hydrogen-bond acceptors (Lipinski definition) is 4. The molecule has 7 nitrogen and oxygen atoms in total. The molecule has 0 saturated carbocycles. The number of ether oxygens (including phenoxy) is 1. The zero-order valence-corrected chi connectivity index (χ0v) is 16.0. The van der Waals surface area contributed by atoms with Crippen LogP contribution >= 0.6 is 0 Å². The molecule has 1 aromatic heterocycles. The Morgan fingerprint density at radius 1 is 1.35 bits per heavy atom. The van der Waals surface area contributed by atoms with Gasteiger partial charge in [-0.3, -0.25) is 4.99 Å². The summed E-state index contributed by atoms with van der Waals surface area (Å²) in [6, 6.07) is 8.40. The highest BCUT2D eigenvalue weighted by atomic mass is 16.5. The molecule has 0 amide bonds. The van der Waals surface area contributed by atoms with Crippen LogP contribution in [0.25, 0.3) is 0 Å². The Labute approximate surface area is 154 Å². The van der Waals surface area contributed by atoms with Crippen LogP contribution in [0, 0.1) is 13.8 Å². The smallest absolute Gasteiger partial charge is 0.191 e. The van der Waals surface area contributed by atoms with Crippen molar-refractivity contribution in [3.63, 3.8) is 0 Å². The zero-order chi connectivity index (χ0) is 18.5. The van der Waals surface area contributed by atoms with Gasteiger partial charge in [-0.05, 0) is 39.3 Å². The SMILES string of the molecule is CN=C(NCC(C)Oc1ccc(C)cc1)NC1CCc2nc(C)nn2C1. The quantitative estimate of drug-likeness (QED) is 0.631. The summed E-state index contributed by atoms with van der Waals surface area (Å²) in [6.07, 6.45) is 1.99. The summed E-state index contributed by atoms with van der Waals surface area (Å²) in [5.74, 6) is 3.58. The van der Waals surface area contributed by atoms with Crippen LogP contribution in [0.15, 0.2) is 29.3 Å². The van der Waals surface area contributed by atoms with Crippen LogP contribution in [0.2, 0.25) is 0 Å². The van der Waals surface area contributed by atoms with E-state index in [0.717, 1.165) is 42.7 Å². The second-order valence-corrected chi connectivity index (χ2v) is 6.83. The monoisotopic (exact) mass is 356 g/mol. The molecule has 2 aromatic rings. The average molecular weight is 356 g/mol. The fourth-order valence-electron chi connectivity index (χ4n) is 3.07. The van der Waals surface area contributed by atoms with Gasteiger partial charge in [0, 0.05) is 19.5 Å². The summed E-state index contributed by atoms with van der Waals surface area (Å²) in [5, 5.41) is 11.3. The Hall–Kier alpha value is -2.57. The van der Waals surface area contributed by atoms with E-state index in [4.69, 9.17) is 4.74 Å². The lowest BCUT2D eigenvalue weighted by Gasteiger charge is -2.26. The third kappa shape index (κ3) is 4.74. The van der Waals surface area contributed by atoms with Crippen molar-refractivity contribution >= 4 is 5.96 Å². The second-order valence-electron chi connectivity index (χ2n) is 6.83. The van der Waals surface area contributed by atoms with Crippen molar-refractivity contribution in [1.29, 1.82) is 0 Å². The highest BCUT2D eigenvalue weighted by molar-refractivity contribution is 5.80. The summed E-state index contributed by atoms with van der Waals surface area (Å²) in [6.45, 7) is 7.54. The summed E-state index contributed by atoms with van der Waals surface area (Å²) in [5.41, 5.74) is 1.23. The number of aryl methyl sites for hydroxylation is 3. The van der Waals surface area contributed by atoms with Crippen molar-refractivity contribution in [2.24, 2.45) is 4.99 Å². The molecule has 0 fully saturated rings. The standard InChI is InChI=1S/C19H28N6O/c1-13-5-8-17(9-6-13)26-14(2)11-21-19(20-4)23-16-7-10-18-22-15(3)24-25(18)12-16/h5-6,8-9,14,16H,7,10-12H2,1-4H3,(H2,20,21,23). The van der Waals surface area contributed by atoms with Gasteiger partial charge in [0.25, 0.3) is 0 Å². The molecule has 1 aliphatic heterocycles. The van der Waals surface area contributed by atoms with Crippen LogP contribution in [0.1, 0.15) is 30.6 Å². The Balaban J connectivity index is 1.46. The van der Waals surface area contributed by atoms with E-state index in [1.807, 2.05) is 30.7 Å². The molecule has 0 spiro atoms. The normalized spacial score (nSPS) is 18.2. The summed E-state index contributed by atoms with van der Waals surface area (Å²) in [4.78, 5) is 8.78. The Morgan fingerprint density at radius 3 is 2.85 bits per heavy atom. The van der Waals surface area contributed by atoms with E-state index in [2.05, 4.69) is 44.8 Å². The van der Waals surface area contributed by atoms with E-state index >= 15 is 0 Å². The molecular formula is C19H28N6O. The number of fused-ring (bicyclic) bond motifs is 1. The molecule has 26 heavy (non-hydrogen) atoms. The average Bonchev–Trinajstić information content (AvgIpc) is 2.99. The number of guanidine groups is 1. The number of benzene rings is 1. The highest BCUT2D eigenvalue weighted by Crippen LogP contribution is 2.14. The van der Waals surface area contributed by atoms with Crippen molar-refractivity contribution in [2.45, 2.75) is 52.3 Å². The minimum atomic E-state index is 0.0344. The van der Waals surface area contributed by atoms with Crippen LogP contribution in [0.5, 0.6) is 5.75 Å². The molecule has 7 heteroatoms. The second kappa shape index (κ2) is 8.21. The molecule has 1 aliphatic rings. The predicted molar refractivity (Wildman–Crippen MR) is 103 cm³/mol. The minimum Gasteiger partial charge on any atom is -0.489 e. The van der Waals surface area contributed by atoms with E-state index < -0.39 is 0 Å². The number of aliphatic imine (C=N–C) groups is 1. The van der Waals surface area contributed by atoms with Crippen molar-refractivity contribution in [1.82, 2.24) is 25.4 Å². The van der Waals surface area contributed by atoms with Crippen LogP contribution in [-0.4, -0.2) is 46.5 Å². The topological polar surface area (TPSA) is 76.4 Å². The minimum absolute atomic E-state index is 0.0344. The number of aromatic nitrogens is 3. The first-order chi connectivity index (χ1) is 12.5. The van der Waals surface area contributed by atoms with E-state index in [9.17, 15) is 0 Å². The predicted octanol–water partition coefficient (Wildman–Crippen LogP) is 1.84. The van der Waals surface area contributed by atoms with Gasteiger partial charge in [-0.1, -0.05) is 17.7 Å². The van der Waals surface area contributed by atoms with Gasteiger partial charge in [0.2, 0.25) is 0 Å². The van der Waals surface area contributed by atoms with Crippen molar-refractivity contribution < 1.29 is 4.74 Å². The number of nitrogens with one attached hydrogen (secondary N) is 2. The van der Waals surface area contributed by atoms with Gasteiger partial charge in [-0.15, -0.1) is 0 Å². The van der Waals surface area contributed by atoms with Crippen molar-refractivity contribution in [3.8, 4) is 5.75 Å². The lowest BCUT2D eigenvalue weighted by Crippen LogP contribution is -2.48. The van der Waals surface area contributed by atoms with Gasteiger partial charge in [-0.25, -0.2) is 9.67 Å². The third-order valence-corrected chi connectivity index (χ3v) is 4.44. The molecule has 3 rings (SSSR count). The summed E-state index contributed by atoms with van der Waals surface area (Å²) in [7, 11) is 1.79. The Morgan fingerprint density at radius 2 is 2.12 bits per heavy atom. The van der Waals surface area contributed by atoms with E-state index in [0.29, 0.717) is 12.6 Å². The maximum absolute atomic E-state index is 5.94. The molecule has 2 heterocycles. The van der Waals surface area contributed by atoms with Gasteiger partial charge in [0.1, 0.15) is 23.5 Å². The van der Waals surface area contributed by atoms with E-state index in [1.54, 1.807) is 7.05 Å². The maximum atomic E-state index is 5.94. The molecule has 2 unspecified atom stereocenters. The molecular weight excluding hydrogens is 328 g/mol. The van der Waals surface area contributed by atoms with Crippen LogP contribution in [0.4, 0.5) is 0 Å². The lowest BCUT2D eigenvalue weighted by molar-refractivity contribution is 0.223. The fraction of sp³-hybridized carbons (Fsp3) is 0.526. The first kappa shape index (κ1) is 18.2. The van der Waals surface area contributed by atoms with E-state index in [-0.39, 0.29) is 6.10 Å². The molecule has 140 valence electrons. The Kier molecular flexibility index (Phi) is 5.75. The molecule has 0 aliphatic carbocycles. The third-order valence-electron chi connectivity index (χ3n) is 4.44. The Bertz CT molecular complexity index is 752. The van der Waals surface area contributed by atoms with Gasteiger partial charge in [0.15, 0.2) is 5.96 Å². The first-order valence-corrected chi connectivity index (χ1v) is 9.14. The molecule has 1 aromatic carbocycles. The maximum Gasteiger partial charge on any atom is 0.191 e. The fourth-order valence-corrected chi connectivity index (χ4v) is 3.07. The van der Waals surface area contributed by atoms with Crippen LogP contribution in [0.3, 0.4) is 0 Å². The summed E-state index contributed by atoms with van der Waals surface area (Å²) >= 11 is 0. The van der Waals surface area contributed by atoms with Gasteiger partial charge < -0.3 is 15.4 Å². The van der Waals surface area contributed by atoms with Crippen molar-refractivity contribution in [3.05, 3.63) is 41.5 Å². The summed E-state index contributed by atoms with van der Waals surface area (Å²) < 4.78 is 7.93. The number of nitrogens with zero attached hydrogens (tertiary/aromatic N) is 4. The first-order valence-electron chi connectivity index (χ1n) is 9.14. The lowest BCUT2D eigenvalue weighted by atomic mass is 10.1. The van der Waals surface area contributed by atoms with Gasteiger partial charge in [-0.2, -0.15) is 5.10 Å². The molecule has 2 N–H and O–H groups in total.